The van der Waals surface area contributed by atoms with Gasteiger partial charge in [-0.2, -0.15) is 0 Å². The van der Waals surface area contributed by atoms with Gasteiger partial charge in [-0.1, -0.05) is 12.0 Å². The third kappa shape index (κ3) is 4.79. The summed E-state index contributed by atoms with van der Waals surface area (Å²) in [5.74, 6) is 3.52. The van der Waals surface area contributed by atoms with Gasteiger partial charge in [-0.15, -0.1) is 6.42 Å². The molecule has 0 saturated heterocycles. The number of hydrogen-bond acceptors (Lipinski definition) is 3. The third-order valence-electron chi connectivity index (χ3n) is 2.61. The maximum absolute atomic E-state index is 5.82. The maximum atomic E-state index is 5.82. The molecule has 0 aliphatic carbocycles. The van der Waals surface area contributed by atoms with Crippen LogP contribution in [0.3, 0.4) is 0 Å². The quantitative estimate of drug-likeness (QED) is 0.585. The Balaban J connectivity index is 2.63. The van der Waals surface area contributed by atoms with Crippen LogP contribution >= 0.6 is 0 Å². The Morgan fingerprint density at radius 3 is 2.78 bits per heavy atom. The van der Waals surface area contributed by atoms with Crippen molar-refractivity contribution in [3.05, 3.63) is 29.3 Å². The van der Waals surface area contributed by atoms with Gasteiger partial charge in [0.15, 0.2) is 0 Å². The Bertz CT molecular complexity index is 407. The van der Waals surface area contributed by atoms with E-state index in [-0.39, 0.29) is 0 Å². The van der Waals surface area contributed by atoms with E-state index in [0.29, 0.717) is 6.61 Å². The molecule has 3 heteroatoms. The van der Waals surface area contributed by atoms with Crippen LogP contribution in [0.15, 0.2) is 18.2 Å². The van der Waals surface area contributed by atoms with E-state index in [1.54, 1.807) is 0 Å². The minimum Gasteiger partial charge on any atom is -0.493 e. The first-order valence-corrected chi connectivity index (χ1v) is 6.19. The number of nitrogens with zero attached hydrogens (tertiary/aromatic N) is 1. The van der Waals surface area contributed by atoms with Gasteiger partial charge in [0.25, 0.3) is 0 Å². The first-order chi connectivity index (χ1) is 8.67. The minimum atomic E-state index is 0.711. The molecule has 0 bridgehead atoms. The molecule has 0 aromatic heterocycles. The molecule has 98 valence electrons. The molecule has 0 aliphatic rings. The zero-order chi connectivity index (χ0) is 13.4. The molecule has 0 saturated carbocycles. The molecule has 0 radical (unpaired) electrons. The molecule has 1 rings (SSSR count). The highest BCUT2D eigenvalue weighted by atomic mass is 16.5. The SMILES string of the molecule is C#Cc1ccc(CNC)c(OCCCN(C)C)c1. The molecule has 3 nitrogen and oxygen atoms in total. The Morgan fingerprint density at radius 1 is 1.39 bits per heavy atom. The molecular formula is C15H22N2O. The van der Waals surface area contributed by atoms with Crippen LogP contribution in [-0.4, -0.2) is 39.2 Å². The predicted octanol–water partition coefficient (Wildman–Crippen LogP) is 1.72. The lowest BCUT2D eigenvalue weighted by molar-refractivity contribution is 0.279. The van der Waals surface area contributed by atoms with Crippen molar-refractivity contribution in [2.75, 3.05) is 34.3 Å². The van der Waals surface area contributed by atoms with Crippen molar-refractivity contribution in [2.45, 2.75) is 13.0 Å². The average Bonchev–Trinajstić information content (AvgIpc) is 2.36. The monoisotopic (exact) mass is 246 g/mol. The van der Waals surface area contributed by atoms with Crippen LogP contribution in [0.25, 0.3) is 0 Å². The van der Waals surface area contributed by atoms with Gasteiger partial charge < -0.3 is 15.0 Å². The molecule has 0 atom stereocenters. The zero-order valence-electron chi connectivity index (χ0n) is 11.5. The fourth-order valence-electron chi connectivity index (χ4n) is 1.68. The van der Waals surface area contributed by atoms with E-state index < -0.39 is 0 Å². The van der Waals surface area contributed by atoms with Crippen LogP contribution in [0.4, 0.5) is 0 Å². The van der Waals surface area contributed by atoms with Crippen molar-refractivity contribution in [3.8, 4) is 18.1 Å². The van der Waals surface area contributed by atoms with Crippen LogP contribution in [0.5, 0.6) is 5.75 Å². The highest BCUT2D eigenvalue weighted by Crippen LogP contribution is 2.20. The summed E-state index contributed by atoms with van der Waals surface area (Å²) in [4.78, 5) is 2.15. The van der Waals surface area contributed by atoms with Crippen molar-refractivity contribution < 1.29 is 4.74 Å². The van der Waals surface area contributed by atoms with E-state index in [0.717, 1.165) is 36.4 Å². The van der Waals surface area contributed by atoms with Gasteiger partial charge in [0.1, 0.15) is 5.75 Å². The molecule has 0 fully saturated rings. The Morgan fingerprint density at radius 2 is 2.17 bits per heavy atom. The molecule has 1 aromatic carbocycles. The summed E-state index contributed by atoms with van der Waals surface area (Å²) in [6, 6.07) is 5.90. The van der Waals surface area contributed by atoms with Crippen molar-refractivity contribution in [2.24, 2.45) is 0 Å². The van der Waals surface area contributed by atoms with Crippen LogP contribution in [-0.2, 0) is 6.54 Å². The van der Waals surface area contributed by atoms with E-state index in [9.17, 15) is 0 Å². The summed E-state index contributed by atoms with van der Waals surface area (Å²) < 4.78 is 5.82. The highest BCUT2D eigenvalue weighted by Gasteiger charge is 2.04. The first kappa shape index (κ1) is 14.6. The summed E-state index contributed by atoms with van der Waals surface area (Å²) in [6.07, 6.45) is 6.42. The molecule has 1 aromatic rings. The van der Waals surface area contributed by atoms with Gasteiger partial charge in [0.05, 0.1) is 6.61 Å². The van der Waals surface area contributed by atoms with Gasteiger partial charge in [0, 0.05) is 24.2 Å². The van der Waals surface area contributed by atoms with Crippen LogP contribution in [0.1, 0.15) is 17.5 Å². The molecule has 18 heavy (non-hydrogen) atoms. The molecule has 0 heterocycles. The number of hydrogen-bond donors (Lipinski definition) is 1. The standard InChI is InChI=1S/C15H22N2O/c1-5-13-7-8-14(12-16-2)15(11-13)18-10-6-9-17(3)4/h1,7-8,11,16H,6,9-10,12H2,2-4H3. The van der Waals surface area contributed by atoms with Crippen LogP contribution in [0.2, 0.25) is 0 Å². The Kier molecular flexibility index (Phi) is 6.27. The fourth-order valence-corrected chi connectivity index (χ4v) is 1.68. The normalized spacial score (nSPS) is 10.4. The van der Waals surface area contributed by atoms with Crippen LogP contribution in [0, 0.1) is 12.3 Å². The van der Waals surface area contributed by atoms with E-state index >= 15 is 0 Å². The second-order valence-electron chi connectivity index (χ2n) is 4.50. The van der Waals surface area contributed by atoms with Crippen molar-refractivity contribution in [1.82, 2.24) is 10.2 Å². The van der Waals surface area contributed by atoms with Crippen molar-refractivity contribution in [3.63, 3.8) is 0 Å². The van der Waals surface area contributed by atoms with E-state index in [2.05, 4.69) is 30.2 Å². The molecule has 0 unspecified atom stereocenters. The smallest absolute Gasteiger partial charge is 0.125 e. The summed E-state index contributed by atoms with van der Waals surface area (Å²) in [5.41, 5.74) is 2.00. The van der Waals surface area contributed by atoms with E-state index in [1.165, 1.54) is 0 Å². The van der Waals surface area contributed by atoms with Crippen LogP contribution < -0.4 is 10.1 Å². The number of nitrogens with one attached hydrogen (secondary N) is 1. The number of rotatable bonds is 7. The minimum absolute atomic E-state index is 0.711. The predicted molar refractivity (Wildman–Crippen MR) is 75.8 cm³/mol. The lowest BCUT2D eigenvalue weighted by atomic mass is 10.1. The van der Waals surface area contributed by atoms with E-state index in [1.807, 2.05) is 25.2 Å². The number of benzene rings is 1. The summed E-state index contributed by atoms with van der Waals surface area (Å²) in [7, 11) is 6.04. The molecule has 0 aliphatic heterocycles. The fraction of sp³-hybridized carbons (Fsp3) is 0.467. The third-order valence-corrected chi connectivity index (χ3v) is 2.61. The average molecular weight is 246 g/mol. The molecular weight excluding hydrogens is 224 g/mol. The maximum Gasteiger partial charge on any atom is 0.125 e. The topological polar surface area (TPSA) is 24.5 Å². The second kappa shape index (κ2) is 7.75. The van der Waals surface area contributed by atoms with Gasteiger partial charge in [-0.05, 0) is 39.7 Å². The summed E-state index contributed by atoms with van der Waals surface area (Å²) in [6.45, 7) is 2.52. The molecule has 0 spiro atoms. The van der Waals surface area contributed by atoms with Crippen molar-refractivity contribution >= 4 is 0 Å². The number of terminal acetylenes is 1. The first-order valence-electron chi connectivity index (χ1n) is 6.19. The highest BCUT2D eigenvalue weighted by molar-refractivity contribution is 5.43. The molecule has 0 amide bonds. The number of ether oxygens (including phenoxy) is 1. The summed E-state index contributed by atoms with van der Waals surface area (Å²) >= 11 is 0. The van der Waals surface area contributed by atoms with Gasteiger partial charge in [0.2, 0.25) is 0 Å². The Hall–Kier alpha value is -1.50. The lowest BCUT2D eigenvalue weighted by Crippen LogP contribution is -2.16. The zero-order valence-corrected chi connectivity index (χ0v) is 11.5. The second-order valence-corrected chi connectivity index (χ2v) is 4.50. The Labute approximate surface area is 110 Å². The van der Waals surface area contributed by atoms with Gasteiger partial charge in [-0.25, -0.2) is 0 Å². The van der Waals surface area contributed by atoms with Gasteiger partial charge >= 0.3 is 0 Å². The lowest BCUT2D eigenvalue weighted by Gasteiger charge is -2.13. The van der Waals surface area contributed by atoms with E-state index in [4.69, 9.17) is 11.2 Å². The summed E-state index contributed by atoms with van der Waals surface area (Å²) in [5, 5.41) is 3.13. The largest absolute Gasteiger partial charge is 0.493 e. The van der Waals surface area contributed by atoms with Gasteiger partial charge in [-0.3, -0.25) is 0 Å². The van der Waals surface area contributed by atoms with Crippen molar-refractivity contribution in [1.29, 1.82) is 0 Å². The molecule has 1 N–H and O–H groups in total.